The van der Waals surface area contributed by atoms with Crippen molar-refractivity contribution in [3.8, 4) is 0 Å². The van der Waals surface area contributed by atoms with Gasteiger partial charge in [-0.15, -0.1) is 11.3 Å². The van der Waals surface area contributed by atoms with Crippen LogP contribution in [0.5, 0.6) is 0 Å². The highest BCUT2D eigenvalue weighted by Gasteiger charge is 2.10. The van der Waals surface area contributed by atoms with Crippen LogP contribution in [0.3, 0.4) is 0 Å². The van der Waals surface area contributed by atoms with Crippen LogP contribution in [-0.4, -0.2) is 17.5 Å². The molecule has 0 aliphatic carbocycles. The van der Waals surface area contributed by atoms with Crippen LogP contribution in [0.2, 0.25) is 0 Å². The molecular weight excluding hydrogens is 244 g/mol. The van der Waals surface area contributed by atoms with Gasteiger partial charge in [-0.25, -0.2) is 9.78 Å². The Hall–Kier alpha value is -0.460. The zero-order chi connectivity index (χ0) is 8.97. The van der Waals surface area contributed by atoms with Crippen LogP contribution in [0.1, 0.15) is 17.4 Å². The molecule has 1 rings (SSSR count). The number of carbonyl (C=O) groups excluding carboxylic acids is 1. The molecule has 4 nitrogen and oxygen atoms in total. The molecule has 0 amide bonds. The fourth-order valence-electron chi connectivity index (χ4n) is 0.536. The Morgan fingerprint density at radius 3 is 3.17 bits per heavy atom. The molecule has 0 unspecified atom stereocenters. The van der Waals surface area contributed by atoms with Gasteiger partial charge in [-0.05, 0) is 22.9 Å². The molecule has 66 valence electrons. The number of hydrogen-bond acceptors (Lipinski definition) is 5. The van der Waals surface area contributed by atoms with E-state index in [4.69, 9.17) is 0 Å². The zero-order valence-electron chi connectivity index (χ0n) is 6.33. The van der Waals surface area contributed by atoms with Crippen molar-refractivity contribution >= 4 is 33.2 Å². The first kappa shape index (κ1) is 9.63. The lowest BCUT2D eigenvalue weighted by Gasteiger charge is -1.98. The molecule has 1 aromatic rings. The molecule has 0 aliphatic rings. The van der Waals surface area contributed by atoms with E-state index in [1.165, 1.54) is 11.3 Å². The summed E-state index contributed by atoms with van der Waals surface area (Å²) in [6, 6.07) is 0. The third-order valence-electron chi connectivity index (χ3n) is 0.994. The van der Waals surface area contributed by atoms with E-state index in [0.29, 0.717) is 16.2 Å². The maximum absolute atomic E-state index is 11.1. The van der Waals surface area contributed by atoms with Gasteiger partial charge in [-0.2, -0.15) is 5.48 Å². The lowest BCUT2D eigenvalue weighted by molar-refractivity contribution is 0.0259. The molecule has 0 saturated heterocycles. The average Bonchev–Trinajstić information content (AvgIpc) is 2.47. The standard InChI is InChI=1S/C6H7BrN2O2S/c1-2-8-11-5(10)4-3-12-6(7)9-4/h3,8H,2H2,1H3. The van der Waals surface area contributed by atoms with Crippen molar-refractivity contribution in [1.29, 1.82) is 0 Å². The van der Waals surface area contributed by atoms with E-state index >= 15 is 0 Å². The van der Waals surface area contributed by atoms with Crippen molar-refractivity contribution in [2.45, 2.75) is 6.92 Å². The fourth-order valence-corrected chi connectivity index (χ4v) is 1.52. The van der Waals surface area contributed by atoms with Crippen LogP contribution in [0.25, 0.3) is 0 Å². The van der Waals surface area contributed by atoms with Crippen LogP contribution in [0.4, 0.5) is 0 Å². The Labute approximate surface area is 82.0 Å². The van der Waals surface area contributed by atoms with Crippen LogP contribution in [0, 0.1) is 0 Å². The number of hydroxylamine groups is 1. The maximum atomic E-state index is 11.1. The van der Waals surface area contributed by atoms with E-state index in [-0.39, 0.29) is 0 Å². The molecule has 0 atom stereocenters. The number of thiazole rings is 1. The predicted molar refractivity (Wildman–Crippen MR) is 48.9 cm³/mol. The van der Waals surface area contributed by atoms with Crippen LogP contribution in [-0.2, 0) is 4.84 Å². The molecule has 0 saturated carbocycles. The summed E-state index contributed by atoms with van der Waals surface area (Å²) >= 11 is 4.49. The van der Waals surface area contributed by atoms with Gasteiger partial charge in [0.25, 0.3) is 0 Å². The van der Waals surface area contributed by atoms with Gasteiger partial charge in [0.2, 0.25) is 0 Å². The van der Waals surface area contributed by atoms with Crippen LogP contribution < -0.4 is 5.48 Å². The van der Waals surface area contributed by atoms with Crippen molar-refractivity contribution in [3.63, 3.8) is 0 Å². The minimum atomic E-state index is -0.459. The van der Waals surface area contributed by atoms with Gasteiger partial charge in [-0.3, -0.25) is 0 Å². The van der Waals surface area contributed by atoms with Gasteiger partial charge < -0.3 is 4.84 Å². The van der Waals surface area contributed by atoms with Crippen molar-refractivity contribution in [2.75, 3.05) is 6.54 Å². The van der Waals surface area contributed by atoms with Gasteiger partial charge in [0.1, 0.15) is 0 Å². The van der Waals surface area contributed by atoms with Crippen LogP contribution >= 0.6 is 27.3 Å². The third-order valence-corrected chi connectivity index (χ3v) is 2.36. The number of carbonyl (C=O) groups is 1. The number of hydrogen-bond donors (Lipinski definition) is 1. The van der Waals surface area contributed by atoms with Gasteiger partial charge in [0.15, 0.2) is 9.61 Å². The van der Waals surface area contributed by atoms with E-state index in [2.05, 4.69) is 31.2 Å². The molecule has 0 radical (unpaired) electrons. The van der Waals surface area contributed by atoms with E-state index in [1.807, 2.05) is 6.92 Å². The van der Waals surface area contributed by atoms with Crippen LogP contribution in [0.15, 0.2) is 9.30 Å². The fraction of sp³-hybridized carbons (Fsp3) is 0.333. The molecule has 1 heterocycles. The van der Waals surface area contributed by atoms with Crippen molar-refractivity contribution in [3.05, 3.63) is 15.0 Å². The second-order valence-corrected chi connectivity index (χ2v) is 4.01. The summed E-state index contributed by atoms with van der Waals surface area (Å²) in [5.41, 5.74) is 2.77. The Bertz CT molecular complexity index is 276. The Morgan fingerprint density at radius 2 is 2.67 bits per heavy atom. The SMILES string of the molecule is CCNOC(=O)c1csc(Br)n1. The summed E-state index contributed by atoms with van der Waals surface area (Å²) in [6.07, 6.45) is 0. The summed E-state index contributed by atoms with van der Waals surface area (Å²) < 4.78 is 0.672. The van der Waals surface area contributed by atoms with Gasteiger partial charge in [-0.1, -0.05) is 0 Å². The first-order chi connectivity index (χ1) is 5.74. The van der Waals surface area contributed by atoms with Gasteiger partial charge in [0, 0.05) is 11.9 Å². The molecular formula is C6H7BrN2O2S. The van der Waals surface area contributed by atoms with Crippen molar-refractivity contribution in [1.82, 2.24) is 10.5 Å². The normalized spacial score (nSPS) is 9.83. The van der Waals surface area contributed by atoms with Gasteiger partial charge in [0.05, 0.1) is 0 Å². The summed E-state index contributed by atoms with van der Waals surface area (Å²) in [4.78, 5) is 19.6. The van der Waals surface area contributed by atoms with Crippen molar-refractivity contribution in [2.24, 2.45) is 0 Å². The summed E-state index contributed by atoms with van der Waals surface area (Å²) in [6.45, 7) is 2.42. The molecule has 0 bridgehead atoms. The summed E-state index contributed by atoms with van der Waals surface area (Å²) in [5, 5.41) is 1.63. The number of nitrogens with zero attached hydrogens (tertiary/aromatic N) is 1. The number of aromatic nitrogens is 1. The highest BCUT2D eigenvalue weighted by molar-refractivity contribution is 9.11. The molecule has 0 aliphatic heterocycles. The molecule has 6 heteroatoms. The van der Waals surface area contributed by atoms with Crippen molar-refractivity contribution < 1.29 is 9.63 Å². The zero-order valence-corrected chi connectivity index (χ0v) is 8.74. The lowest BCUT2D eigenvalue weighted by atomic mass is 10.5. The second kappa shape index (κ2) is 4.54. The molecule has 12 heavy (non-hydrogen) atoms. The summed E-state index contributed by atoms with van der Waals surface area (Å²) in [7, 11) is 0. The predicted octanol–water partition coefficient (Wildman–Crippen LogP) is 1.59. The average molecular weight is 251 g/mol. The van der Waals surface area contributed by atoms with E-state index in [0.717, 1.165) is 0 Å². The quantitative estimate of drug-likeness (QED) is 0.829. The van der Waals surface area contributed by atoms with E-state index in [1.54, 1.807) is 5.38 Å². The largest absolute Gasteiger partial charge is 0.376 e. The highest BCUT2D eigenvalue weighted by atomic mass is 79.9. The second-order valence-electron chi connectivity index (χ2n) is 1.87. The molecule has 0 spiro atoms. The smallest absolute Gasteiger partial charge is 0.366 e. The first-order valence-electron chi connectivity index (χ1n) is 3.29. The van der Waals surface area contributed by atoms with E-state index < -0.39 is 5.97 Å². The number of halogens is 1. The monoisotopic (exact) mass is 250 g/mol. The highest BCUT2D eigenvalue weighted by Crippen LogP contribution is 2.15. The molecule has 1 N–H and O–H groups in total. The number of rotatable bonds is 3. The lowest BCUT2D eigenvalue weighted by Crippen LogP contribution is -2.19. The Kier molecular flexibility index (Phi) is 3.64. The van der Waals surface area contributed by atoms with Gasteiger partial charge >= 0.3 is 5.97 Å². The third kappa shape index (κ3) is 2.54. The Morgan fingerprint density at radius 1 is 1.92 bits per heavy atom. The first-order valence-corrected chi connectivity index (χ1v) is 4.96. The number of nitrogens with one attached hydrogen (secondary N) is 1. The molecule has 0 aromatic carbocycles. The summed E-state index contributed by atoms with van der Waals surface area (Å²) in [5.74, 6) is -0.459. The maximum Gasteiger partial charge on any atom is 0.376 e. The topological polar surface area (TPSA) is 51.2 Å². The molecule has 0 fully saturated rings. The van der Waals surface area contributed by atoms with E-state index in [9.17, 15) is 4.79 Å². The minimum absolute atomic E-state index is 0.313. The minimum Gasteiger partial charge on any atom is -0.366 e. The molecule has 1 aromatic heterocycles. The Balaban J connectivity index is 2.53.